The second-order valence-corrected chi connectivity index (χ2v) is 4.05. The summed E-state index contributed by atoms with van der Waals surface area (Å²) in [6, 6.07) is 2.21. The fourth-order valence-corrected chi connectivity index (χ4v) is 2.41. The fourth-order valence-electron chi connectivity index (χ4n) is 2.41. The van der Waals surface area contributed by atoms with Gasteiger partial charge in [-0.3, -0.25) is 9.69 Å². The monoisotopic (exact) mass is 193 g/mol. The van der Waals surface area contributed by atoms with Crippen LogP contribution < -0.4 is 0 Å². The third-order valence-electron chi connectivity index (χ3n) is 3.22. The van der Waals surface area contributed by atoms with E-state index < -0.39 is 0 Å². The summed E-state index contributed by atoms with van der Waals surface area (Å²) in [5, 5.41) is 8.53. The molecule has 2 heterocycles. The minimum absolute atomic E-state index is 0.366. The van der Waals surface area contributed by atoms with Gasteiger partial charge in [-0.05, 0) is 19.4 Å². The molecule has 0 aliphatic carbocycles. The number of fused-ring (bicyclic) bond motifs is 1. The SMILES string of the molecule is N#CC(=O)N1CCN2CCCCC2C1. The first-order valence-electron chi connectivity index (χ1n) is 5.24. The van der Waals surface area contributed by atoms with E-state index in [9.17, 15) is 4.79 Å². The molecule has 0 saturated carbocycles. The summed E-state index contributed by atoms with van der Waals surface area (Å²) in [4.78, 5) is 15.3. The topological polar surface area (TPSA) is 47.3 Å². The van der Waals surface area contributed by atoms with E-state index in [2.05, 4.69) is 4.90 Å². The summed E-state index contributed by atoms with van der Waals surface area (Å²) in [6.45, 7) is 3.59. The second kappa shape index (κ2) is 3.97. The van der Waals surface area contributed by atoms with E-state index in [1.807, 2.05) is 0 Å². The van der Waals surface area contributed by atoms with Gasteiger partial charge in [0.2, 0.25) is 0 Å². The Morgan fingerprint density at radius 1 is 1.29 bits per heavy atom. The molecule has 2 aliphatic heterocycles. The highest BCUT2D eigenvalue weighted by Crippen LogP contribution is 2.20. The van der Waals surface area contributed by atoms with Gasteiger partial charge in [0.25, 0.3) is 0 Å². The van der Waals surface area contributed by atoms with Gasteiger partial charge in [0.1, 0.15) is 0 Å². The zero-order valence-corrected chi connectivity index (χ0v) is 8.28. The van der Waals surface area contributed by atoms with Crippen LogP contribution in [0.15, 0.2) is 0 Å². The summed E-state index contributed by atoms with van der Waals surface area (Å²) >= 11 is 0. The average Bonchev–Trinajstić information content (AvgIpc) is 2.27. The lowest BCUT2D eigenvalue weighted by molar-refractivity contribution is -0.128. The van der Waals surface area contributed by atoms with Crippen molar-refractivity contribution < 1.29 is 4.79 Å². The third kappa shape index (κ3) is 1.73. The molecule has 1 unspecified atom stereocenters. The lowest BCUT2D eigenvalue weighted by Gasteiger charge is -2.43. The van der Waals surface area contributed by atoms with E-state index in [1.54, 1.807) is 11.0 Å². The van der Waals surface area contributed by atoms with Crippen LogP contribution in [0.3, 0.4) is 0 Å². The molecule has 0 N–H and O–H groups in total. The third-order valence-corrected chi connectivity index (χ3v) is 3.22. The number of hydrogen-bond acceptors (Lipinski definition) is 3. The Kier molecular flexibility index (Phi) is 2.69. The quantitative estimate of drug-likeness (QED) is 0.517. The van der Waals surface area contributed by atoms with Crippen molar-refractivity contribution in [2.75, 3.05) is 26.2 Å². The molecule has 14 heavy (non-hydrogen) atoms. The molecule has 2 rings (SSSR count). The molecule has 2 saturated heterocycles. The first kappa shape index (κ1) is 9.47. The highest BCUT2D eigenvalue weighted by atomic mass is 16.2. The van der Waals surface area contributed by atoms with Crippen LogP contribution in [0.5, 0.6) is 0 Å². The van der Waals surface area contributed by atoms with Crippen molar-refractivity contribution in [3.63, 3.8) is 0 Å². The van der Waals surface area contributed by atoms with Gasteiger partial charge in [0.15, 0.2) is 6.07 Å². The van der Waals surface area contributed by atoms with Gasteiger partial charge in [-0.15, -0.1) is 0 Å². The molecular formula is C10H15N3O. The van der Waals surface area contributed by atoms with E-state index in [0.717, 1.165) is 19.6 Å². The van der Waals surface area contributed by atoms with Gasteiger partial charge in [-0.25, -0.2) is 0 Å². The van der Waals surface area contributed by atoms with Crippen LogP contribution in [0, 0.1) is 11.3 Å². The molecule has 0 spiro atoms. The summed E-state index contributed by atoms with van der Waals surface area (Å²) in [7, 11) is 0. The van der Waals surface area contributed by atoms with E-state index >= 15 is 0 Å². The predicted molar refractivity (Wildman–Crippen MR) is 51.4 cm³/mol. The normalized spacial score (nSPS) is 27.9. The molecule has 0 aromatic carbocycles. The molecule has 4 heteroatoms. The zero-order chi connectivity index (χ0) is 9.97. The molecule has 4 nitrogen and oxygen atoms in total. The van der Waals surface area contributed by atoms with Crippen molar-refractivity contribution in [1.82, 2.24) is 9.80 Å². The number of carbonyl (C=O) groups is 1. The van der Waals surface area contributed by atoms with Crippen LogP contribution in [0.25, 0.3) is 0 Å². The Bertz CT molecular complexity index is 271. The Morgan fingerprint density at radius 2 is 2.14 bits per heavy atom. The molecule has 2 aliphatic rings. The molecule has 0 aromatic heterocycles. The molecular weight excluding hydrogens is 178 g/mol. The van der Waals surface area contributed by atoms with Gasteiger partial charge in [-0.1, -0.05) is 6.42 Å². The average molecular weight is 193 g/mol. The molecule has 2 fully saturated rings. The van der Waals surface area contributed by atoms with Gasteiger partial charge in [-0.2, -0.15) is 5.26 Å². The van der Waals surface area contributed by atoms with E-state index in [0.29, 0.717) is 6.04 Å². The van der Waals surface area contributed by atoms with Gasteiger partial charge >= 0.3 is 5.91 Å². The smallest absolute Gasteiger partial charge is 0.325 e. The van der Waals surface area contributed by atoms with Gasteiger partial charge in [0.05, 0.1) is 0 Å². The van der Waals surface area contributed by atoms with E-state index in [1.165, 1.54) is 25.8 Å². The summed E-state index contributed by atoms with van der Waals surface area (Å²) in [5.41, 5.74) is 0. The molecule has 1 atom stereocenters. The Hall–Kier alpha value is -1.08. The van der Waals surface area contributed by atoms with Crippen LogP contribution >= 0.6 is 0 Å². The number of rotatable bonds is 0. The van der Waals surface area contributed by atoms with Crippen molar-refractivity contribution >= 4 is 5.91 Å². The van der Waals surface area contributed by atoms with Crippen molar-refractivity contribution in [2.24, 2.45) is 0 Å². The number of piperazine rings is 1. The highest BCUT2D eigenvalue weighted by molar-refractivity contribution is 5.91. The maximum absolute atomic E-state index is 11.2. The number of piperidine rings is 1. The lowest BCUT2D eigenvalue weighted by atomic mass is 9.99. The largest absolute Gasteiger partial charge is 0.327 e. The van der Waals surface area contributed by atoms with Crippen molar-refractivity contribution in [3.05, 3.63) is 0 Å². The van der Waals surface area contributed by atoms with Crippen LogP contribution in [0.2, 0.25) is 0 Å². The number of amides is 1. The molecule has 76 valence electrons. The van der Waals surface area contributed by atoms with Crippen LogP contribution in [0.1, 0.15) is 19.3 Å². The lowest BCUT2D eigenvalue weighted by Crippen LogP contribution is -2.55. The molecule has 0 radical (unpaired) electrons. The van der Waals surface area contributed by atoms with E-state index in [-0.39, 0.29) is 5.91 Å². The molecule has 0 aromatic rings. The highest BCUT2D eigenvalue weighted by Gasteiger charge is 2.30. The second-order valence-electron chi connectivity index (χ2n) is 4.05. The Morgan fingerprint density at radius 3 is 2.93 bits per heavy atom. The van der Waals surface area contributed by atoms with Crippen molar-refractivity contribution in [1.29, 1.82) is 5.26 Å². The number of hydrogen-bond donors (Lipinski definition) is 0. The van der Waals surface area contributed by atoms with Crippen LogP contribution in [0.4, 0.5) is 0 Å². The van der Waals surface area contributed by atoms with Gasteiger partial charge in [0, 0.05) is 25.7 Å². The number of nitriles is 1. The first-order valence-corrected chi connectivity index (χ1v) is 5.24. The first-order chi connectivity index (χ1) is 6.81. The minimum atomic E-state index is -0.366. The Labute approximate surface area is 84.1 Å². The predicted octanol–water partition coefficient (Wildman–Crippen LogP) is 0.207. The zero-order valence-electron chi connectivity index (χ0n) is 8.28. The summed E-state index contributed by atoms with van der Waals surface area (Å²) < 4.78 is 0. The molecule has 1 amide bonds. The Balaban J connectivity index is 1.96. The van der Waals surface area contributed by atoms with Gasteiger partial charge < -0.3 is 4.90 Å². The maximum Gasteiger partial charge on any atom is 0.325 e. The van der Waals surface area contributed by atoms with Crippen molar-refractivity contribution in [3.8, 4) is 6.07 Å². The van der Waals surface area contributed by atoms with Crippen LogP contribution in [-0.2, 0) is 4.79 Å². The van der Waals surface area contributed by atoms with Crippen molar-refractivity contribution in [2.45, 2.75) is 25.3 Å². The van der Waals surface area contributed by atoms with E-state index in [4.69, 9.17) is 5.26 Å². The standard InChI is InChI=1S/C10H15N3O/c11-7-10(14)13-6-5-12-4-2-1-3-9(12)8-13/h9H,1-6,8H2. The fraction of sp³-hybridized carbons (Fsp3) is 0.800. The number of carbonyl (C=O) groups excluding carboxylic acids is 1. The number of nitrogens with zero attached hydrogens (tertiary/aromatic N) is 3. The summed E-state index contributed by atoms with van der Waals surface area (Å²) in [5.74, 6) is -0.366. The summed E-state index contributed by atoms with van der Waals surface area (Å²) in [6.07, 6.45) is 3.72. The minimum Gasteiger partial charge on any atom is -0.327 e. The molecule has 0 bridgehead atoms. The maximum atomic E-state index is 11.2. The van der Waals surface area contributed by atoms with Crippen LogP contribution in [-0.4, -0.2) is 47.9 Å².